The molecule has 2 aromatic carbocycles. The van der Waals surface area contributed by atoms with E-state index in [1.165, 1.54) is 11.0 Å². The number of aromatic nitrogens is 1. The van der Waals surface area contributed by atoms with Gasteiger partial charge in [-0.3, -0.25) is 19.4 Å². The lowest BCUT2D eigenvalue weighted by atomic mass is 9.85. The van der Waals surface area contributed by atoms with Crippen LogP contribution in [0.25, 0.3) is 10.9 Å². The number of amides is 3. The van der Waals surface area contributed by atoms with Crippen LogP contribution in [-0.4, -0.2) is 81.6 Å². The second-order valence-corrected chi connectivity index (χ2v) is 15.2. The van der Waals surface area contributed by atoms with Crippen LogP contribution < -0.4 is 25.4 Å². The Morgan fingerprint density at radius 3 is 2.34 bits per heavy atom. The van der Waals surface area contributed by atoms with E-state index in [-0.39, 0.29) is 31.2 Å². The number of hydrogen-bond donors (Lipinski definition) is 4. The second kappa shape index (κ2) is 13.6. The summed E-state index contributed by atoms with van der Waals surface area (Å²) in [7, 11) is 1.57. The molecule has 0 radical (unpaired) electrons. The molecular weight excluding hydrogens is 638 g/mol. The van der Waals surface area contributed by atoms with Crippen LogP contribution in [0.4, 0.5) is 5.69 Å². The van der Waals surface area contributed by atoms with Crippen molar-refractivity contribution >= 4 is 40.3 Å². The summed E-state index contributed by atoms with van der Waals surface area (Å²) >= 11 is 0. The molecule has 1 saturated heterocycles. The number of nitrogens with one attached hydrogen (secondary N) is 3. The zero-order valence-electron chi connectivity index (χ0n) is 29.7. The molecule has 12 nitrogen and oxygen atoms in total. The molecule has 5 atom stereocenters. The van der Waals surface area contributed by atoms with Gasteiger partial charge in [-0.1, -0.05) is 26.8 Å². The molecule has 0 spiro atoms. The molecule has 1 unspecified atom stereocenters. The number of fused-ring (bicyclic) bond motifs is 1. The van der Waals surface area contributed by atoms with Gasteiger partial charge in [0.15, 0.2) is 0 Å². The summed E-state index contributed by atoms with van der Waals surface area (Å²) in [6, 6.07) is 12.2. The lowest BCUT2D eigenvalue weighted by Crippen LogP contribution is -2.56. The van der Waals surface area contributed by atoms with E-state index in [4.69, 9.17) is 9.47 Å². The highest BCUT2D eigenvalue weighted by molar-refractivity contribution is 5.97. The largest absolute Gasteiger partial charge is 0.497 e. The van der Waals surface area contributed by atoms with Gasteiger partial charge >= 0.3 is 5.97 Å². The summed E-state index contributed by atoms with van der Waals surface area (Å²) < 4.78 is 11.8. The van der Waals surface area contributed by atoms with Gasteiger partial charge in [0.1, 0.15) is 35.2 Å². The van der Waals surface area contributed by atoms with Gasteiger partial charge in [-0.2, -0.15) is 0 Å². The molecule has 266 valence electrons. The number of carboxylic acid groups (broad SMARTS) is 1. The normalized spacial score (nSPS) is 22.3. The Morgan fingerprint density at radius 1 is 1.06 bits per heavy atom. The van der Waals surface area contributed by atoms with Crippen molar-refractivity contribution in [3.05, 3.63) is 72.9 Å². The Labute approximate surface area is 292 Å². The third-order valence-electron chi connectivity index (χ3n) is 9.14. The number of carboxylic acids is 1. The van der Waals surface area contributed by atoms with Crippen molar-refractivity contribution in [1.29, 1.82) is 0 Å². The third-order valence-corrected chi connectivity index (χ3v) is 9.14. The first kappa shape index (κ1) is 36.2. The van der Waals surface area contributed by atoms with Crippen molar-refractivity contribution in [2.45, 2.75) is 83.6 Å². The van der Waals surface area contributed by atoms with Crippen LogP contribution >= 0.6 is 0 Å². The van der Waals surface area contributed by atoms with Crippen molar-refractivity contribution in [3.63, 3.8) is 0 Å². The number of nitrogens with zero attached hydrogens (tertiary/aromatic N) is 2. The summed E-state index contributed by atoms with van der Waals surface area (Å²) in [6.45, 7) is 15.3. The van der Waals surface area contributed by atoms with E-state index >= 15 is 0 Å². The summed E-state index contributed by atoms with van der Waals surface area (Å²) in [4.78, 5) is 59.4. The van der Waals surface area contributed by atoms with Gasteiger partial charge in [0, 0.05) is 46.8 Å². The van der Waals surface area contributed by atoms with Gasteiger partial charge in [0.25, 0.3) is 5.91 Å². The Balaban J connectivity index is 1.42. The first-order valence-corrected chi connectivity index (χ1v) is 16.7. The van der Waals surface area contributed by atoms with Crippen molar-refractivity contribution in [1.82, 2.24) is 20.5 Å². The molecule has 1 aliphatic carbocycles. The number of methoxy groups -OCH3 is 1. The highest BCUT2D eigenvalue weighted by atomic mass is 16.5. The van der Waals surface area contributed by atoms with Gasteiger partial charge in [-0.05, 0) is 75.1 Å². The minimum atomic E-state index is -1.46. The molecule has 2 fully saturated rings. The maximum absolute atomic E-state index is 14.6. The highest BCUT2D eigenvalue weighted by Gasteiger charge is 2.61. The summed E-state index contributed by atoms with van der Waals surface area (Å²) in [5.74, 6) is -1.51. The molecule has 12 heteroatoms. The number of aliphatic carboxylic acids is 1. The van der Waals surface area contributed by atoms with Crippen molar-refractivity contribution < 1.29 is 33.8 Å². The summed E-state index contributed by atoms with van der Waals surface area (Å²) in [5, 5.41) is 19.8. The Hall–Kier alpha value is -5.13. The number of carbonyl (C=O) groups excluding carboxylic acids is 3. The molecule has 50 heavy (non-hydrogen) atoms. The number of pyridine rings is 1. The van der Waals surface area contributed by atoms with Crippen LogP contribution in [0.2, 0.25) is 0 Å². The summed E-state index contributed by atoms with van der Waals surface area (Å²) in [5.41, 5.74) is -0.719. The maximum Gasteiger partial charge on any atom is 0.330 e. The van der Waals surface area contributed by atoms with E-state index in [0.29, 0.717) is 28.3 Å². The first-order chi connectivity index (χ1) is 23.5. The fourth-order valence-electron chi connectivity index (χ4n) is 6.32. The van der Waals surface area contributed by atoms with E-state index in [1.807, 2.05) is 47.6 Å². The van der Waals surface area contributed by atoms with Crippen LogP contribution in [0.3, 0.4) is 0 Å². The molecule has 5 rings (SSSR count). The molecule has 2 aliphatic rings. The summed E-state index contributed by atoms with van der Waals surface area (Å²) in [6.07, 6.45) is 2.93. The average molecular weight is 686 g/mol. The Morgan fingerprint density at radius 2 is 1.76 bits per heavy atom. The lowest BCUT2D eigenvalue weighted by Gasteiger charge is -2.36. The van der Waals surface area contributed by atoms with Gasteiger partial charge in [-0.15, -0.1) is 6.58 Å². The predicted molar refractivity (Wildman–Crippen MR) is 190 cm³/mol. The number of carbonyl (C=O) groups is 4. The van der Waals surface area contributed by atoms with Crippen molar-refractivity contribution in [2.24, 2.45) is 11.3 Å². The third kappa shape index (κ3) is 7.69. The predicted octanol–water partition coefficient (Wildman–Crippen LogP) is 4.79. The van der Waals surface area contributed by atoms with Gasteiger partial charge in [-0.25, -0.2) is 4.79 Å². The van der Waals surface area contributed by atoms with Crippen LogP contribution in [0.15, 0.2) is 67.4 Å². The van der Waals surface area contributed by atoms with E-state index in [1.54, 1.807) is 55.8 Å². The van der Waals surface area contributed by atoms with Gasteiger partial charge < -0.3 is 35.4 Å². The zero-order valence-corrected chi connectivity index (χ0v) is 29.7. The molecule has 2 heterocycles. The van der Waals surface area contributed by atoms with Gasteiger partial charge in [0.2, 0.25) is 11.8 Å². The molecular formula is C38H47N5O7. The molecule has 1 saturated carbocycles. The van der Waals surface area contributed by atoms with E-state index < -0.39 is 52.5 Å². The molecule has 0 bridgehead atoms. The van der Waals surface area contributed by atoms with Crippen molar-refractivity contribution in [3.8, 4) is 11.5 Å². The molecule has 3 aromatic rings. The fraction of sp³-hybridized carbons (Fsp3) is 0.447. The fourth-order valence-corrected chi connectivity index (χ4v) is 6.32. The van der Waals surface area contributed by atoms with Crippen molar-refractivity contribution in [2.75, 3.05) is 19.0 Å². The van der Waals surface area contributed by atoms with Crippen LogP contribution in [-0.2, 0) is 14.4 Å². The standard InChI is InChI=1S/C38H47N5O7/c1-9-23-20-38(23,35(47)48)42-33(45)29-19-26(50-30-16-17-39-28-18-25(49-8)14-15-27(28)30)21-43(29)34(46)31(36(2,3)4)40-24-12-10-22(11-13-24)32(44)41-37(5,6)7/h9-18,23,26,29,31,40H,1,19-21H2,2-8H3,(H,41,44)(H,42,45)(H,47,48)/t23-,26+,29-,31+,38?/m0/s1. The van der Waals surface area contributed by atoms with Crippen LogP contribution in [0.5, 0.6) is 11.5 Å². The number of benzene rings is 2. The average Bonchev–Trinajstić information content (AvgIpc) is 3.61. The van der Waals surface area contributed by atoms with E-state index in [0.717, 1.165) is 5.39 Å². The SMILES string of the molecule is C=C[C@H]1CC1(NC(=O)[C@@H]1C[C@@H](Oc2ccnc3cc(OC)ccc23)CN1C(=O)[C@@H](Nc1ccc(C(=O)NC(C)(C)C)cc1)C(C)(C)C)C(=O)O. The maximum atomic E-state index is 14.6. The van der Waals surface area contributed by atoms with Crippen LogP contribution in [0, 0.1) is 11.3 Å². The monoisotopic (exact) mass is 685 g/mol. The minimum absolute atomic E-state index is 0.0853. The highest BCUT2D eigenvalue weighted by Crippen LogP contribution is 2.45. The molecule has 4 N–H and O–H groups in total. The van der Waals surface area contributed by atoms with Gasteiger partial charge in [0.05, 0.1) is 19.2 Å². The first-order valence-electron chi connectivity index (χ1n) is 16.7. The number of ether oxygens (including phenoxy) is 2. The molecule has 1 aliphatic heterocycles. The lowest BCUT2D eigenvalue weighted by molar-refractivity contribution is -0.145. The number of hydrogen-bond acceptors (Lipinski definition) is 8. The van der Waals surface area contributed by atoms with E-state index in [9.17, 15) is 24.3 Å². The number of likely N-dealkylation sites (tertiary alicyclic amines) is 1. The molecule has 1 aromatic heterocycles. The Kier molecular flexibility index (Phi) is 9.87. The topological polar surface area (TPSA) is 159 Å². The quantitative estimate of drug-likeness (QED) is 0.208. The Bertz CT molecular complexity index is 1800. The minimum Gasteiger partial charge on any atom is -0.497 e. The second-order valence-electron chi connectivity index (χ2n) is 15.2. The van der Waals surface area contributed by atoms with E-state index in [2.05, 4.69) is 27.5 Å². The number of rotatable bonds is 11. The zero-order chi connectivity index (χ0) is 36.6. The molecule has 3 amide bonds. The smallest absolute Gasteiger partial charge is 0.330 e. The number of anilines is 1. The van der Waals surface area contributed by atoms with Crippen LogP contribution in [0.1, 0.15) is 64.7 Å².